The maximum atomic E-state index is 12.9. The molecule has 0 radical (unpaired) electrons. The molecule has 0 fully saturated rings. The van der Waals surface area contributed by atoms with Gasteiger partial charge in [0.05, 0.1) is 0 Å². The van der Waals surface area contributed by atoms with Gasteiger partial charge in [0.1, 0.15) is 13.2 Å². The van der Waals surface area contributed by atoms with Gasteiger partial charge in [0, 0.05) is 19.3 Å². The van der Waals surface area contributed by atoms with E-state index in [0.717, 1.165) is 122 Å². The molecule has 0 rings (SSSR count). The molecular formula is C73H124O6. The van der Waals surface area contributed by atoms with Gasteiger partial charge in [0.15, 0.2) is 6.10 Å². The molecule has 0 heterocycles. The second kappa shape index (κ2) is 66.6. The number of carbonyl (C=O) groups excluding carboxylic acids is 3. The Morgan fingerprint density at radius 3 is 0.772 bits per heavy atom. The summed E-state index contributed by atoms with van der Waals surface area (Å²) in [5.74, 6) is -0.884. The van der Waals surface area contributed by atoms with E-state index in [1.807, 2.05) is 0 Å². The number of rotatable bonds is 60. The summed E-state index contributed by atoms with van der Waals surface area (Å²) >= 11 is 0. The Labute approximate surface area is 489 Å². The van der Waals surface area contributed by atoms with E-state index in [1.165, 1.54) is 154 Å². The first kappa shape index (κ1) is 75.1. The summed E-state index contributed by atoms with van der Waals surface area (Å²) in [6, 6.07) is 0. The summed E-state index contributed by atoms with van der Waals surface area (Å²) in [6.07, 6.45) is 90.9. The molecule has 0 saturated heterocycles. The summed E-state index contributed by atoms with van der Waals surface area (Å²) in [4.78, 5) is 38.4. The number of ether oxygens (including phenoxy) is 3. The molecule has 79 heavy (non-hydrogen) atoms. The molecule has 6 nitrogen and oxygen atoms in total. The zero-order chi connectivity index (χ0) is 57.1. The minimum absolute atomic E-state index is 0.0812. The van der Waals surface area contributed by atoms with Crippen LogP contribution < -0.4 is 0 Å². The van der Waals surface area contributed by atoms with Crippen molar-refractivity contribution in [3.63, 3.8) is 0 Å². The lowest BCUT2D eigenvalue weighted by Crippen LogP contribution is -2.30. The zero-order valence-corrected chi connectivity index (χ0v) is 51.9. The maximum absolute atomic E-state index is 12.9. The largest absolute Gasteiger partial charge is 0.462 e. The molecule has 0 aromatic heterocycles. The van der Waals surface area contributed by atoms with Gasteiger partial charge >= 0.3 is 17.9 Å². The van der Waals surface area contributed by atoms with Crippen LogP contribution in [0.25, 0.3) is 0 Å². The predicted octanol–water partition coefficient (Wildman–Crippen LogP) is 23.0. The quantitative estimate of drug-likeness (QED) is 0.0261. The highest BCUT2D eigenvalue weighted by Crippen LogP contribution is 2.17. The Bertz CT molecular complexity index is 1590. The second-order valence-corrected chi connectivity index (χ2v) is 22.0. The third kappa shape index (κ3) is 64.8. The van der Waals surface area contributed by atoms with E-state index >= 15 is 0 Å². The molecule has 0 aromatic rings. The van der Waals surface area contributed by atoms with Crippen LogP contribution in [0.1, 0.15) is 316 Å². The van der Waals surface area contributed by atoms with Crippen molar-refractivity contribution in [2.24, 2.45) is 0 Å². The van der Waals surface area contributed by atoms with Crippen LogP contribution in [0.2, 0.25) is 0 Å². The van der Waals surface area contributed by atoms with Crippen molar-refractivity contribution in [1.29, 1.82) is 0 Å². The van der Waals surface area contributed by atoms with Crippen molar-refractivity contribution in [2.75, 3.05) is 13.2 Å². The lowest BCUT2D eigenvalue weighted by atomic mass is 10.0. The summed E-state index contributed by atoms with van der Waals surface area (Å²) in [5, 5.41) is 0. The lowest BCUT2D eigenvalue weighted by Gasteiger charge is -2.18. The van der Waals surface area contributed by atoms with Crippen LogP contribution in [0.5, 0.6) is 0 Å². The van der Waals surface area contributed by atoms with E-state index in [9.17, 15) is 14.4 Å². The number of hydrogen-bond donors (Lipinski definition) is 0. The van der Waals surface area contributed by atoms with Gasteiger partial charge in [-0.2, -0.15) is 0 Å². The van der Waals surface area contributed by atoms with Crippen molar-refractivity contribution in [2.45, 2.75) is 322 Å². The van der Waals surface area contributed by atoms with Crippen LogP contribution in [0.4, 0.5) is 0 Å². The molecule has 1 atom stereocenters. The number of unbranched alkanes of at least 4 members (excludes halogenated alkanes) is 31. The van der Waals surface area contributed by atoms with E-state index in [-0.39, 0.29) is 31.1 Å². The molecule has 0 aliphatic carbocycles. The summed E-state index contributed by atoms with van der Waals surface area (Å²) in [7, 11) is 0. The monoisotopic (exact) mass is 1100 g/mol. The Balaban J connectivity index is 4.38. The van der Waals surface area contributed by atoms with Crippen molar-refractivity contribution in [3.8, 4) is 0 Å². The molecule has 0 aliphatic heterocycles. The molecule has 0 bridgehead atoms. The zero-order valence-electron chi connectivity index (χ0n) is 51.9. The average molecular weight is 1100 g/mol. The van der Waals surface area contributed by atoms with Crippen molar-refractivity contribution >= 4 is 17.9 Å². The van der Waals surface area contributed by atoms with Crippen molar-refractivity contribution in [3.05, 3.63) is 109 Å². The Kier molecular flexibility index (Phi) is 63.3. The van der Waals surface area contributed by atoms with Gasteiger partial charge in [-0.3, -0.25) is 14.4 Å². The molecule has 0 saturated carbocycles. The molecule has 452 valence electrons. The molecule has 0 spiro atoms. The molecule has 0 amide bonds. The topological polar surface area (TPSA) is 78.9 Å². The van der Waals surface area contributed by atoms with E-state index in [4.69, 9.17) is 14.2 Å². The van der Waals surface area contributed by atoms with Crippen molar-refractivity contribution < 1.29 is 28.6 Å². The SMILES string of the molecule is CC/C=C\C/C=C\C/C=C\C/C=C\C/C=C\CCCCCCCCCC(=O)OCC(COC(=O)CCCCCCCCCCCCCCCCC)OC(=O)CCCCCCCCCCCC/C=C\C/C=C\C/C=C\C/C=C\CC. The summed E-state index contributed by atoms with van der Waals surface area (Å²) < 4.78 is 17.0. The Hall–Kier alpha value is -3.93. The number of carbonyl (C=O) groups is 3. The lowest BCUT2D eigenvalue weighted by molar-refractivity contribution is -0.167. The average Bonchev–Trinajstić information content (AvgIpc) is 3.45. The highest BCUT2D eigenvalue weighted by atomic mass is 16.6. The first-order valence-corrected chi connectivity index (χ1v) is 33.4. The smallest absolute Gasteiger partial charge is 0.306 e. The maximum Gasteiger partial charge on any atom is 0.306 e. The van der Waals surface area contributed by atoms with E-state index in [1.54, 1.807) is 0 Å². The minimum Gasteiger partial charge on any atom is -0.462 e. The van der Waals surface area contributed by atoms with Crippen molar-refractivity contribution in [1.82, 2.24) is 0 Å². The normalized spacial score (nSPS) is 12.8. The number of esters is 3. The highest BCUT2D eigenvalue weighted by molar-refractivity contribution is 5.71. The van der Waals surface area contributed by atoms with Crippen LogP contribution in [-0.4, -0.2) is 37.2 Å². The third-order valence-electron chi connectivity index (χ3n) is 14.3. The number of allylic oxidation sites excluding steroid dienone is 18. The molecule has 6 heteroatoms. The number of hydrogen-bond acceptors (Lipinski definition) is 6. The molecular weight excluding hydrogens is 973 g/mol. The first-order chi connectivity index (χ1) is 39.0. The van der Waals surface area contributed by atoms with Gasteiger partial charge in [-0.05, 0) is 103 Å². The fourth-order valence-corrected chi connectivity index (χ4v) is 9.35. The minimum atomic E-state index is -0.787. The summed E-state index contributed by atoms with van der Waals surface area (Å²) in [6.45, 7) is 6.44. The van der Waals surface area contributed by atoms with E-state index in [0.29, 0.717) is 19.3 Å². The Morgan fingerprint density at radius 2 is 0.494 bits per heavy atom. The van der Waals surface area contributed by atoms with E-state index < -0.39 is 6.10 Å². The van der Waals surface area contributed by atoms with Crippen LogP contribution >= 0.6 is 0 Å². The van der Waals surface area contributed by atoms with Gasteiger partial charge in [0.25, 0.3) is 0 Å². The van der Waals surface area contributed by atoms with Crippen LogP contribution in [0.3, 0.4) is 0 Å². The predicted molar refractivity (Wildman–Crippen MR) is 343 cm³/mol. The first-order valence-electron chi connectivity index (χ1n) is 33.4. The van der Waals surface area contributed by atoms with Crippen LogP contribution in [-0.2, 0) is 28.6 Å². The molecule has 0 aliphatic rings. The van der Waals surface area contributed by atoms with Crippen LogP contribution in [0, 0.1) is 0 Å². The fraction of sp³-hybridized carbons (Fsp3) is 0.712. The highest BCUT2D eigenvalue weighted by Gasteiger charge is 2.19. The Morgan fingerprint density at radius 1 is 0.266 bits per heavy atom. The van der Waals surface area contributed by atoms with Crippen LogP contribution in [0.15, 0.2) is 109 Å². The van der Waals surface area contributed by atoms with Gasteiger partial charge < -0.3 is 14.2 Å². The van der Waals surface area contributed by atoms with Gasteiger partial charge in [-0.1, -0.05) is 304 Å². The fourth-order valence-electron chi connectivity index (χ4n) is 9.35. The molecule has 0 aromatic carbocycles. The third-order valence-corrected chi connectivity index (χ3v) is 14.3. The molecule has 0 N–H and O–H groups in total. The second-order valence-electron chi connectivity index (χ2n) is 22.0. The summed E-state index contributed by atoms with van der Waals surface area (Å²) in [5.41, 5.74) is 0. The van der Waals surface area contributed by atoms with Gasteiger partial charge in [0.2, 0.25) is 0 Å². The van der Waals surface area contributed by atoms with Gasteiger partial charge in [-0.15, -0.1) is 0 Å². The van der Waals surface area contributed by atoms with E-state index in [2.05, 4.69) is 130 Å². The standard InChI is InChI=1S/C73H124O6/c1-4-7-10-13-16-19-22-25-28-30-32-34-36-38-40-42-45-48-51-54-57-60-63-66-72(75)78-69-70(68-77-71(74)65-62-59-56-53-50-47-44-27-24-21-18-15-12-9-6-3)79-73(76)67-64-61-58-55-52-49-46-43-41-39-37-35-33-31-29-26-23-20-17-14-11-8-5-2/h7-8,10-11,16-17,19-20,25-26,28-29,32-35,38,40,70H,4-6,9,12-15,18,21-24,27,30-31,36-37,39,41-69H2,1-3H3/b10-7-,11-8-,19-16-,20-17-,28-25-,29-26-,34-32-,35-33-,40-38-. The van der Waals surface area contributed by atoms with Gasteiger partial charge in [-0.25, -0.2) is 0 Å². The molecule has 1 unspecified atom stereocenters.